The number of hydrogen-bond donors (Lipinski definition) is 1. The molecule has 0 radical (unpaired) electrons. The molecule has 2 saturated carbocycles. The molecule has 0 bridgehead atoms. The second kappa shape index (κ2) is 11.2. The van der Waals surface area contributed by atoms with E-state index in [0.717, 1.165) is 48.7 Å². The molecule has 2 aliphatic rings. The van der Waals surface area contributed by atoms with Gasteiger partial charge in [0.1, 0.15) is 23.4 Å². The minimum Gasteiger partial charge on any atom is -0.475 e. The molecule has 4 aromatic rings. The van der Waals surface area contributed by atoms with Crippen LogP contribution in [0.1, 0.15) is 51.0 Å². The van der Waals surface area contributed by atoms with E-state index in [0.29, 0.717) is 23.7 Å². The number of para-hydroxylation sites is 2. The molecular formula is C32H31ClFN3O4. The van der Waals surface area contributed by atoms with Gasteiger partial charge in [0, 0.05) is 29.5 Å². The Labute approximate surface area is 242 Å². The second-order valence-corrected chi connectivity index (χ2v) is 11.3. The van der Waals surface area contributed by atoms with Crippen LogP contribution >= 0.6 is 11.6 Å². The number of benzene rings is 3. The summed E-state index contributed by atoms with van der Waals surface area (Å²) in [7, 11) is 1.30. The lowest BCUT2D eigenvalue weighted by Crippen LogP contribution is -2.34. The van der Waals surface area contributed by atoms with E-state index in [1.807, 2.05) is 41.0 Å². The van der Waals surface area contributed by atoms with Gasteiger partial charge in [0.15, 0.2) is 0 Å². The van der Waals surface area contributed by atoms with Crippen molar-refractivity contribution in [1.29, 1.82) is 0 Å². The maximum Gasteiger partial charge on any atom is 0.350 e. The Morgan fingerprint density at radius 2 is 1.78 bits per heavy atom. The highest BCUT2D eigenvalue weighted by molar-refractivity contribution is 6.30. The third-order valence-electron chi connectivity index (χ3n) is 8.11. The molecule has 1 heterocycles. The first kappa shape index (κ1) is 27.3. The Balaban J connectivity index is 1.36. The SMILES string of the molecule is COC(=O)C1(Oc2ccc(NC(=O)C(C3CCCCC3)n3c(-c4ccc(Cl)cc4)nc4ccccc43)c(F)c2)CC1. The van der Waals surface area contributed by atoms with Crippen molar-refractivity contribution in [2.24, 2.45) is 5.92 Å². The fourth-order valence-electron chi connectivity index (χ4n) is 5.86. The van der Waals surface area contributed by atoms with Gasteiger partial charge < -0.3 is 19.4 Å². The number of rotatable bonds is 8. The number of methoxy groups -OCH3 is 1. The summed E-state index contributed by atoms with van der Waals surface area (Å²) in [6.07, 6.45) is 5.97. The molecule has 1 amide bonds. The maximum absolute atomic E-state index is 15.3. The summed E-state index contributed by atoms with van der Waals surface area (Å²) in [5.41, 5.74) is 1.44. The van der Waals surface area contributed by atoms with Crippen LogP contribution in [0.5, 0.6) is 5.75 Å². The number of hydrogen-bond acceptors (Lipinski definition) is 5. The van der Waals surface area contributed by atoms with Crippen molar-refractivity contribution in [3.63, 3.8) is 0 Å². The lowest BCUT2D eigenvalue weighted by molar-refractivity contribution is -0.151. The van der Waals surface area contributed by atoms with Crippen LogP contribution in [0.3, 0.4) is 0 Å². The molecule has 41 heavy (non-hydrogen) atoms. The number of amides is 1. The quantitative estimate of drug-likeness (QED) is 0.222. The molecule has 9 heteroatoms. The predicted octanol–water partition coefficient (Wildman–Crippen LogP) is 7.34. The van der Waals surface area contributed by atoms with E-state index >= 15 is 4.39 Å². The highest BCUT2D eigenvalue weighted by atomic mass is 35.5. The van der Waals surface area contributed by atoms with Crippen molar-refractivity contribution >= 4 is 40.2 Å². The van der Waals surface area contributed by atoms with Gasteiger partial charge in [-0.3, -0.25) is 4.79 Å². The molecular weight excluding hydrogens is 545 g/mol. The second-order valence-electron chi connectivity index (χ2n) is 10.9. The number of anilines is 1. The lowest BCUT2D eigenvalue weighted by Gasteiger charge is -2.32. The summed E-state index contributed by atoms with van der Waals surface area (Å²) >= 11 is 6.17. The first-order chi connectivity index (χ1) is 19.9. The average Bonchev–Trinajstić information content (AvgIpc) is 3.68. The molecule has 0 spiro atoms. The number of nitrogens with one attached hydrogen (secondary N) is 1. The molecule has 0 saturated heterocycles. The number of esters is 1. The third kappa shape index (κ3) is 5.40. The molecule has 6 rings (SSSR count). The highest BCUT2D eigenvalue weighted by Crippen LogP contribution is 2.42. The number of carbonyl (C=O) groups is 2. The first-order valence-electron chi connectivity index (χ1n) is 14.0. The van der Waals surface area contributed by atoms with Crippen LogP contribution in [0.25, 0.3) is 22.4 Å². The molecule has 212 valence electrons. The minimum atomic E-state index is -1.06. The number of aromatic nitrogens is 2. The number of nitrogens with zero attached hydrogens (tertiary/aromatic N) is 2. The van der Waals surface area contributed by atoms with Gasteiger partial charge in [-0.25, -0.2) is 14.2 Å². The summed E-state index contributed by atoms with van der Waals surface area (Å²) in [6, 6.07) is 18.8. The number of fused-ring (bicyclic) bond motifs is 1. The Bertz CT molecular complexity index is 1590. The van der Waals surface area contributed by atoms with Crippen LogP contribution in [0.4, 0.5) is 10.1 Å². The Morgan fingerprint density at radius 1 is 1.05 bits per heavy atom. The summed E-state index contributed by atoms with van der Waals surface area (Å²) in [4.78, 5) is 31.1. The lowest BCUT2D eigenvalue weighted by atomic mass is 9.83. The van der Waals surface area contributed by atoms with Crippen LogP contribution in [0.2, 0.25) is 5.02 Å². The molecule has 7 nitrogen and oxygen atoms in total. The largest absolute Gasteiger partial charge is 0.475 e. The summed E-state index contributed by atoms with van der Waals surface area (Å²) < 4.78 is 27.9. The molecule has 1 unspecified atom stereocenters. The van der Waals surface area contributed by atoms with Crippen LogP contribution in [0, 0.1) is 11.7 Å². The zero-order valence-electron chi connectivity index (χ0n) is 22.7. The molecule has 3 aromatic carbocycles. The highest BCUT2D eigenvalue weighted by Gasteiger charge is 2.54. The van der Waals surface area contributed by atoms with E-state index in [-0.39, 0.29) is 23.3 Å². The molecule has 1 aromatic heterocycles. The predicted molar refractivity (Wildman–Crippen MR) is 155 cm³/mol. The van der Waals surface area contributed by atoms with Gasteiger partial charge in [0.25, 0.3) is 0 Å². The summed E-state index contributed by atoms with van der Waals surface area (Å²) in [5.74, 6) is -0.515. The monoisotopic (exact) mass is 575 g/mol. The Hall–Kier alpha value is -3.91. The Kier molecular flexibility index (Phi) is 7.43. The molecule has 0 aliphatic heterocycles. The molecule has 1 atom stereocenters. The third-order valence-corrected chi connectivity index (χ3v) is 8.37. The zero-order valence-corrected chi connectivity index (χ0v) is 23.5. The summed E-state index contributed by atoms with van der Waals surface area (Å²) in [6.45, 7) is 0. The van der Waals surface area contributed by atoms with Gasteiger partial charge in [0.2, 0.25) is 11.5 Å². The number of halogens is 2. The summed E-state index contributed by atoms with van der Waals surface area (Å²) in [5, 5.41) is 3.47. The molecule has 2 fully saturated rings. The average molecular weight is 576 g/mol. The van der Waals surface area contributed by atoms with Gasteiger partial charge >= 0.3 is 5.97 Å². The van der Waals surface area contributed by atoms with E-state index in [2.05, 4.69) is 5.32 Å². The number of ether oxygens (including phenoxy) is 2. The van der Waals surface area contributed by atoms with Crippen LogP contribution in [0.15, 0.2) is 66.7 Å². The maximum atomic E-state index is 15.3. The van der Waals surface area contributed by atoms with E-state index in [4.69, 9.17) is 26.1 Å². The van der Waals surface area contributed by atoms with Gasteiger partial charge in [-0.2, -0.15) is 0 Å². The van der Waals surface area contributed by atoms with Crippen molar-refractivity contribution in [1.82, 2.24) is 9.55 Å². The van der Waals surface area contributed by atoms with Crippen LogP contribution < -0.4 is 10.1 Å². The molecule has 2 aliphatic carbocycles. The first-order valence-corrected chi connectivity index (χ1v) is 14.4. The fraction of sp³-hybridized carbons (Fsp3) is 0.344. The van der Waals surface area contributed by atoms with E-state index in [1.54, 1.807) is 18.2 Å². The van der Waals surface area contributed by atoms with Gasteiger partial charge in [0.05, 0.1) is 23.8 Å². The number of imidazole rings is 1. The zero-order chi connectivity index (χ0) is 28.6. The van der Waals surface area contributed by atoms with E-state index in [1.165, 1.54) is 19.2 Å². The van der Waals surface area contributed by atoms with Crippen molar-refractivity contribution in [2.75, 3.05) is 12.4 Å². The topological polar surface area (TPSA) is 82.5 Å². The minimum absolute atomic E-state index is 0.0449. The standard InChI is InChI=1S/C32H31ClFN3O4/c1-40-31(39)32(17-18-32)41-23-15-16-25(24(34)19-23)36-30(38)28(20-7-3-2-4-8-20)37-27-10-6-5-9-26(27)35-29(37)21-11-13-22(33)14-12-21/h5-6,9-16,19-20,28H,2-4,7-8,17-18H2,1H3,(H,36,38). The van der Waals surface area contributed by atoms with Gasteiger partial charge in [-0.15, -0.1) is 0 Å². The van der Waals surface area contributed by atoms with Crippen molar-refractivity contribution in [2.45, 2.75) is 56.6 Å². The van der Waals surface area contributed by atoms with Crippen LogP contribution in [-0.2, 0) is 14.3 Å². The van der Waals surface area contributed by atoms with E-state index in [9.17, 15) is 9.59 Å². The van der Waals surface area contributed by atoms with Gasteiger partial charge in [-0.05, 0) is 67.3 Å². The van der Waals surface area contributed by atoms with E-state index < -0.39 is 23.4 Å². The van der Waals surface area contributed by atoms with Gasteiger partial charge in [-0.1, -0.05) is 43.0 Å². The fourth-order valence-corrected chi connectivity index (χ4v) is 5.99. The smallest absolute Gasteiger partial charge is 0.350 e. The van der Waals surface area contributed by atoms with Crippen molar-refractivity contribution in [3.8, 4) is 17.1 Å². The number of carbonyl (C=O) groups excluding carboxylic acids is 2. The normalized spacial score (nSPS) is 17.1. The van der Waals surface area contributed by atoms with Crippen LogP contribution in [-0.4, -0.2) is 34.1 Å². The van der Waals surface area contributed by atoms with Crippen molar-refractivity contribution < 1.29 is 23.5 Å². The van der Waals surface area contributed by atoms with Crippen molar-refractivity contribution in [3.05, 3.63) is 77.6 Å². The molecule has 1 N–H and O–H groups in total. The Morgan fingerprint density at radius 3 is 2.46 bits per heavy atom.